The number of hydrogen-bond donors (Lipinski definition) is 2. The lowest BCUT2D eigenvalue weighted by Crippen LogP contribution is -2.48. The van der Waals surface area contributed by atoms with Gasteiger partial charge >= 0.3 is 0 Å². The first-order valence-electron chi connectivity index (χ1n) is 8.48. The first-order valence-corrected chi connectivity index (χ1v) is 8.48. The zero-order chi connectivity index (χ0) is 16.7. The van der Waals surface area contributed by atoms with Crippen LogP contribution < -0.4 is 10.9 Å². The number of rotatable bonds is 2. The first kappa shape index (κ1) is 16.0. The van der Waals surface area contributed by atoms with Crippen LogP contribution in [0.15, 0.2) is 24.3 Å². The highest BCUT2D eigenvalue weighted by molar-refractivity contribution is 5.81. The Labute approximate surface area is 140 Å². The van der Waals surface area contributed by atoms with E-state index >= 15 is 0 Å². The molecule has 3 heterocycles. The number of carbonyl (C=O) groups excluding carboxylic acids is 1. The molecule has 1 amide bonds. The Morgan fingerprint density at radius 3 is 2.96 bits per heavy atom. The van der Waals surface area contributed by atoms with Crippen molar-refractivity contribution in [1.82, 2.24) is 20.7 Å². The van der Waals surface area contributed by atoms with Crippen LogP contribution in [0.1, 0.15) is 11.6 Å². The fourth-order valence-corrected chi connectivity index (χ4v) is 4.02. The molecule has 0 aliphatic carbocycles. The number of amides is 1. The van der Waals surface area contributed by atoms with Crippen LogP contribution in [0.5, 0.6) is 0 Å². The van der Waals surface area contributed by atoms with Crippen molar-refractivity contribution in [2.24, 2.45) is 5.92 Å². The van der Waals surface area contributed by atoms with Crippen LogP contribution in [0.2, 0.25) is 0 Å². The van der Waals surface area contributed by atoms with Gasteiger partial charge in [-0.25, -0.2) is 9.82 Å². The van der Waals surface area contributed by atoms with Crippen LogP contribution in [-0.2, 0) is 9.53 Å². The second-order valence-electron chi connectivity index (χ2n) is 6.83. The Hall–Kier alpha value is -1.54. The van der Waals surface area contributed by atoms with E-state index in [0.717, 1.165) is 6.54 Å². The van der Waals surface area contributed by atoms with E-state index in [9.17, 15) is 9.18 Å². The Balaban J connectivity index is 1.51. The molecule has 3 fully saturated rings. The lowest BCUT2D eigenvalue weighted by molar-refractivity contribution is -0.134. The van der Waals surface area contributed by atoms with E-state index in [4.69, 9.17) is 4.74 Å². The zero-order valence-electron chi connectivity index (χ0n) is 13.7. The Morgan fingerprint density at radius 1 is 1.33 bits per heavy atom. The first-order chi connectivity index (χ1) is 11.6. The van der Waals surface area contributed by atoms with Gasteiger partial charge in [-0.3, -0.25) is 15.1 Å². The number of likely N-dealkylation sites (N-methyl/N-ethyl adjacent to an activating group) is 1. The predicted octanol–water partition coefficient (Wildman–Crippen LogP) is 0.132. The maximum absolute atomic E-state index is 14.1. The van der Waals surface area contributed by atoms with Crippen molar-refractivity contribution in [2.45, 2.75) is 18.2 Å². The fourth-order valence-electron chi connectivity index (χ4n) is 4.02. The molecule has 3 saturated heterocycles. The highest BCUT2D eigenvalue weighted by Gasteiger charge is 2.44. The van der Waals surface area contributed by atoms with Gasteiger partial charge < -0.3 is 9.64 Å². The van der Waals surface area contributed by atoms with E-state index in [2.05, 4.69) is 22.8 Å². The molecule has 0 bridgehead atoms. The smallest absolute Gasteiger partial charge is 0.229 e. The van der Waals surface area contributed by atoms with Crippen molar-refractivity contribution in [3.8, 4) is 0 Å². The largest absolute Gasteiger partial charge is 0.373 e. The van der Waals surface area contributed by atoms with E-state index < -0.39 is 0 Å². The monoisotopic (exact) mass is 334 g/mol. The third-order valence-corrected chi connectivity index (χ3v) is 5.43. The van der Waals surface area contributed by atoms with Gasteiger partial charge in [-0.2, -0.15) is 0 Å². The number of fused-ring (bicyclic) bond motifs is 1. The lowest BCUT2D eigenvalue weighted by atomic mass is 9.93. The minimum atomic E-state index is -0.347. The zero-order valence-corrected chi connectivity index (χ0v) is 13.7. The molecular weight excluding hydrogens is 311 g/mol. The highest BCUT2D eigenvalue weighted by atomic mass is 19.1. The molecular formula is C17H23FN4O2. The Morgan fingerprint density at radius 2 is 2.17 bits per heavy atom. The van der Waals surface area contributed by atoms with Gasteiger partial charge in [-0.1, -0.05) is 18.2 Å². The van der Waals surface area contributed by atoms with Crippen molar-refractivity contribution < 1.29 is 13.9 Å². The number of likely N-dealkylation sites (tertiary alicyclic amines) is 1. The summed E-state index contributed by atoms with van der Waals surface area (Å²) < 4.78 is 19.9. The summed E-state index contributed by atoms with van der Waals surface area (Å²) in [5, 5.41) is 0. The lowest BCUT2D eigenvalue weighted by Gasteiger charge is -2.33. The number of hydrazine groups is 1. The van der Waals surface area contributed by atoms with Crippen molar-refractivity contribution in [2.75, 3.05) is 39.8 Å². The Kier molecular flexibility index (Phi) is 4.26. The number of nitrogens with one attached hydrogen (secondary N) is 2. The van der Waals surface area contributed by atoms with Crippen molar-refractivity contribution in [3.63, 3.8) is 0 Å². The number of halogens is 1. The molecule has 1 aromatic rings. The maximum atomic E-state index is 14.1. The van der Waals surface area contributed by atoms with Crippen LogP contribution in [0.25, 0.3) is 0 Å². The quantitative estimate of drug-likeness (QED) is 0.805. The third-order valence-electron chi connectivity index (χ3n) is 5.43. The van der Waals surface area contributed by atoms with Crippen LogP contribution in [-0.4, -0.2) is 67.7 Å². The predicted molar refractivity (Wildman–Crippen MR) is 86.5 cm³/mol. The van der Waals surface area contributed by atoms with E-state index in [1.165, 1.54) is 6.07 Å². The third kappa shape index (κ3) is 2.71. The van der Waals surface area contributed by atoms with Crippen molar-refractivity contribution in [1.29, 1.82) is 0 Å². The summed E-state index contributed by atoms with van der Waals surface area (Å²) in [5.41, 5.74) is 6.61. The van der Waals surface area contributed by atoms with Gasteiger partial charge in [0.1, 0.15) is 5.82 Å². The van der Waals surface area contributed by atoms with E-state index in [1.54, 1.807) is 18.2 Å². The average molecular weight is 334 g/mol. The molecule has 1 aromatic carbocycles. The second kappa shape index (κ2) is 6.40. The molecule has 0 radical (unpaired) electrons. The number of ether oxygens (including phenoxy) is 1. The molecule has 130 valence electrons. The molecule has 24 heavy (non-hydrogen) atoms. The number of nitrogens with zero attached hydrogens (tertiary/aromatic N) is 2. The van der Waals surface area contributed by atoms with Crippen LogP contribution in [0, 0.1) is 11.7 Å². The van der Waals surface area contributed by atoms with Gasteiger partial charge in [-0.05, 0) is 13.1 Å². The van der Waals surface area contributed by atoms with E-state index in [1.807, 2.05) is 4.90 Å². The summed E-state index contributed by atoms with van der Waals surface area (Å²) in [6.07, 6.45) is 0.0851. The molecule has 2 N–H and O–H groups in total. The number of hydrogen-bond acceptors (Lipinski definition) is 5. The molecule has 0 aromatic heterocycles. The van der Waals surface area contributed by atoms with E-state index in [0.29, 0.717) is 31.8 Å². The molecule has 6 nitrogen and oxygen atoms in total. The summed E-state index contributed by atoms with van der Waals surface area (Å²) in [4.78, 5) is 17.2. The molecule has 4 atom stereocenters. The fraction of sp³-hybridized carbons (Fsp3) is 0.588. The number of morpholine rings is 1. The topological polar surface area (TPSA) is 56.8 Å². The van der Waals surface area contributed by atoms with Gasteiger partial charge in [0.15, 0.2) is 0 Å². The summed E-state index contributed by atoms with van der Waals surface area (Å²) in [6, 6.07) is 6.55. The summed E-state index contributed by atoms with van der Waals surface area (Å²) in [7, 11) is 2.08. The van der Waals surface area contributed by atoms with Crippen molar-refractivity contribution in [3.05, 3.63) is 35.6 Å². The molecule has 3 aliphatic rings. The minimum Gasteiger partial charge on any atom is -0.373 e. The van der Waals surface area contributed by atoms with Gasteiger partial charge in [-0.15, -0.1) is 0 Å². The Bertz CT molecular complexity index is 628. The van der Waals surface area contributed by atoms with Gasteiger partial charge in [0.25, 0.3) is 0 Å². The number of benzene rings is 1. The van der Waals surface area contributed by atoms with Gasteiger partial charge in [0.05, 0.1) is 30.7 Å². The molecule has 4 rings (SSSR count). The van der Waals surface area contributed by atoms with Crippen LogP contribution >= 0.6 is 0 Å². The molecule has 2 unspecified atom stereocenters. The second-order valence-corrected chi connectivity index (χ2v) is 6.83. The highest BCUT2D eigenvalue weighted by Crippen LogP contribution is 2.30. The molecule has 0 spiro atoms. The van der Waals surface area contributed by atoms with Gasteiger partial charge in [0.2, 0.25) is 5.91 Å². The van der Waals surface area contributed by atoms with E-state index in [-0.39, 0.29) is 35.8 Å². The maximum Gasteiger partial charge on any atom is 0.229 e. The normalized spacial score (nSPS) is 33.7. The standard InChI is InChI=1S/C17H23FN4O2/c1-21-6-7-24-15-10-22(9-14(15)21)17(23)12-8-19-20-16(12)11-4-2-3-5-13(11)18/h2-5,12,14-16,19-20H,6-10H2,1H3/t12?,14-,15+,16?/m0/s1. The van der Waals surface area contributed by atoms with Crippen LogP contribution in [0.4, 0.5) is 4.39 Å². The van der Waals surface area contributed by atoms with Crippen LogP contribution in [0.3, 0.4) is 0 Å². The molecule has 7 heteroatoms. The SMILES string of the molecule is CN1CCO[C@@H]2CN(C(=O)C3CNNC3c3ccccc3F)C[C@@H]21. The van der Waals surface area contributed by atoms with Gasteiger partial charge in [0, 0.05) is 31.7 Å². The number of carbonyl (C=O) groups is 1. The molecule has 3 aliphatic heterocycles. The minimum absolute atomic E-state index is 0.0622. The summed E-state index contributed by atoms with van der Waals surface area (Å²) in [6.45, 7) is 3.41. The average Bonchev–Trinajstić information content (AvgIpc) is 3.22. The van der Waals surface area contributed by atoms with Crippen molar-refractivity contribution >= 4 is 5.91 Å². The molecule has 0 saturated carbocycles. The summed E-state index contributed by atoms with van der Waals surface area (Å²) in [5.74, 6) is -0.533. The summed E-state index contributed by atoms with van der Waals surface area (Å²) >= 11 is 0.